The maximum absolute atomic E-state index is 13.3. The van der Waals surface area contributed by atoms with Gasteiger partial charge in [-0.15, -0.1) is 0 Å². The highest BCUT2D eigenvalue weighted by Gasteiger charge is 2.36. The summed E-state index contributed by atoms with van der Waals surface area (Å²) in [5.74, 6) is -0.0192. The predicted octanol–water partition coefficient (Wildman–Crippen LogP) is 5.95. The summed E-state index contributed by atoms with van der Waals surface area (Å²) < 4.78 is 28.3. The van der Waals surface area contributed by atoms with Gasteiger partial charge in [-0.1, -0.05) is 84.9 Å². The van der Waals surface area contributed by atoms with Gasteiger partial charge in [0.25, 0.3) is 0 Å². The number of amides is 1. The fraction of sp³-hybridized carbons (Fsp3) is 0.682. The van der Waals surface area contributed by atoms with Gasteiger partial charge in [0.05, 0.1) is 5.69 Å². The number of benzene rings is 1. The van der Waals surface area contributed by atoms with E-state index in [0.29, 0.717) is 10.8 Å². The third-order valence-corrected chi connectivity index (χ3v) is 6.94. The van der Waals surface area contributed by atoms with Crippen LogP contribution in [0.5, 0.6) is 0 Å². The van der Waals surface area contributed by atoms with Gasteiger partial charge >= 0.3 is 16.3 Å². The highest BCUT2D eigenvalue weighted by molar-refractivity contribution is 7.91. The van der Waals surface area contributed by atoms with E-state index < -0.39 is 16.3 Å². The van der Waals surface area contributed by atoms with Crippen molar-refractivity contribution in [3.8, 4) is 0 Å². The van der Waals surface area contributed by atoms with Crippen LogP contribution in [0.15, 0.2) is 18.2 Å². The minimum atomic E-state index is -4.20. The molecule has 0 unspecified atom stereocenters. The van der Waals surface area contributed by atoms with Crippen LogP contribution in [-0.4, -0.2) is 37.5 Å². The van der Waals surface area contributed by atoms with E-state index in [-0.39, 0.29) is 17.5 Å². The molecule has 0 aliphatic carbocycles. The normalized spacial score (nSPS) is 12.2. The van der Waals surface area contributed by atoms with Gasteiger partial charge in [-0.3, -0.25) is 0 Å². The fourth-order valence-electron chi connectivity index (χ4n) is 3.43. The fourth-order valence-corrected chi connectivity index (χ4v) is 4.70. The zero-order valence-electron chi connectivity index (χ0n) is 18.8. The van der Waals surface area contributed by atoms with Gasteiger partial charge in [0.2, 0.25) is 0 Å². The van der Waals surface area contributed by atoms with Gasteiger partial charge in [-0.2, -0.15) is 17.0 Å². The standard InChI is InChI=1S/C22H38N2O4S/c1-7-8-9-10-11-12-16-23(6)29(27,28)24(22(25)26)21-19(17(2)3)14-13-15-20(21)18(4)5/h13-15,17-18H,7-12,16H2,1-6H3,(H,25,26). The highest BCUT2D eigenvalue weighted by Crippen LogP contribution is 2.37. The molecule has 1 rings (SSSR count). The molecule has 7 heteroatoms. The summed E-state index contributed by atoms with van der Waals surface area (Å²) in [5, 5.41) is 9.91. The van der Waals surface area contributed by atoms with E-state index in [1.54, 1.807) is 0 Å². The summed E-state index contributed by atoms with van der Waals surface area (Å²) in [6.45, 7) is 10.2. The lowest BCUT2D eigenvalue weighted by Crippen LogP contribution is -2.46. The molecule has 0 saturated heterocycles. The van der Waals surface area contributed by atoms with Gasteiger partial charge in [0.1, 0.15) is 0 Å². The summed E-state index contributed by atoms with van der Waals surface area (Å²) in [5.41, 5.74) is 1.71. The SMILES string of the molecule is CCCCCCCCN(C)S(=O)(=O)N(C(=O)O)c1c(C(C)C)cccc1C(C)C. The Hall–Kier alpha value is -1.60. The largest absolute Gasteiger partial charge is 0.464 e. The minimum absolute atomic E-state index is 0.00961. The average molecular weight is 427 g/mol. The first-order valence-corrected chi connectivity index (χ1v) is 12.1. The van der Waals surface area contributed by atoms with Crippen LogP contribution in [-0.2, 0) is 10.2 Å². The number of hydrogen-bond acceptors (Lipinski definition) is 3. The molecule has 166 valence electrons. The van der Waals surface area contributed by atoms with Crippen molar-refractivity contribution < 1.29 is 18.3 Å². The molecular weight excluding hydrogens is 388 g/mol. The minimum Gasteiger partial charge on any atom is -0.464 e. The Bertz CT molecular complexity index is 734. The number of para-hydroxylation sites is 1. The number of carbonyl (C=O) groups is 1. The predicted molar refractivity (Wildman–Crippen MR) is 120 cm³/mol. The average Bonchev–Trinajstić information content (AvgIpc) is 2.63. The van der Waals surface area contributed by atoms with Crippen LogP contribution < -0.4 is 4.31 Å². The molecular formula is C22H38N2O4S. The Labute approximate surface area is 177 Å². The van der Waals surface area contributed by atoms with Crippen molar-refractivity contribution in [2.45, 2.75) is 85.0 Å². The Balaban J connectivity index is 3.21. The summed E-state index contributed by atoms with van der Waals surface area (Å²) in [7, 11) is -2.73. The molecule has 0 aromatic heterocycles. The maximum atomic E-state index is 13.3. The van der Waals surface area contributed by atoms with Crippen LogP contribution in [0.1, 0.15) is 96.1 Å². The Kier molecular flexibility index (Phi) is 10.1. The van der Waals surface area contributed by atoms with E-state index in [0.717, 1.165) is 43.2 Å². The summed E-state index contributed by atoms with van der Waals surface area (Å²) in [4.78, 5) is 12.2. The number of carboxylic acid groups (broad SMARTS) is 1. The second-order valence-electron chi connectivity index (χ2n) is 8.24. The monoisotopic (exact) mass is 426 g/mol. The van der Waals surface area contributed by atoms with E-state index in [2.05, 4.69) is 6.92 Å². The molecule has 0 heterocycles. The Morgan fingerprint density at radius 3 is 1.90 bits per heavy atom. The topological polar surface area (TPSA) is 77.9 Å². The van der Waals surface area contributed by atoms with E-state index in [1.807, 2.05) is 45.9 Å². The molecule has 0 saturated carbocycles. The number of unbranched alkanes of at least 4 members (excludes halogenated alkanes) is 5. The summed E-state index contributed by atoms with van der Waals surface area (Å²) in [6, 6.07) is 5.48. The van der Waals surface area contributed by atoms with Crippen LogP contribution in [0.2, 0.25) is 0 Å². The highest BCUT2D eigenvalue weighted by atomic mass is 32.2. The maximum Gasteiger partial charge on any atom is 0.426 e. The van der Waals surface area contributed by atoms with E-state index in [1.165, 1.54) is 17.8 Å². The van der Waals surface area contributed by atoms with Gasteiger partial charge in [-0.05, 0) is 29.4 Å². The van der Waals surface area contributed by atoms with Crippen molar-refractivity contribution in [2.75, 3.05) is 17.9 Å². The third kappa shape index (κ3) is 6.71. The molecule has 1 aromatic carbocycles. The van der Waals surface area contributed by atoms with Crippen LogP contribution in [0.25, 0.3) is 0 Å². The molecule has 0 aliphatic heterocycles. The first-order chi connectivity index (χ1) is 13.6. The molecule has 0 atom stereocenters. The molecule has 1 aromatic rings. The molecule has 29 heavy (non-hydrogen) atoms. The van der Waals surface area contributed by atoms with Crippen molar-refractivity contribution in [1.82, 2.24) is 4.31 Å². The molecule has 0 aliphatic rings. The molecule has 0 bridgehead atoms. The second kappa shape index (κ2) is 11.6. The molecule has 1 amide bonds. The van der Waals surface area contributed by atoms with Crippen molar-refractivity contribution in [3.05, 3.63) is 29.3 Å². The molecule has 0 radical (unpaired) electrons. The van der Waals surface area contributed by atoms with Gasteiger partial charge in [0, 0.05) is 13.6 Å². The zero-order valence-corrected chi connectivity index (χ0v) is 19.6. The van der Waals surface area contributed by atoms with Crippen LogP contribution >= 0.6 is 0 Å². The molecule has 6 nitrogen and oxygen atoms in total. The third-order valence-electron chi connectivity index (χ3n) is 5.17. The van der Waals surface area contributed by atoms with Gasteiger partial charge < -0.3 is 5.11 Å². The van der Waals surface area contributed by atoms with E-state index in [4.69, 9.17) is 0 Å². The molecule has 1 N–H and O–H groups in total. The van der Waals surface area contributed by atoms with Crippen LogP contribution in [0.4, 0.5) is 10.5 Å². The number of anilines is 1. The van der Waals surface area contributed by atoms with Crippen molar-refractivity contribution in [2.24, 2.45) is 0 Å². The van der Waals surface area contributed by atoms with Crippen molar-refractivity contribution in [3.63, 3.8) is 0 Å². The van der Waals surface area contributed by atoms with E-state index >= 15 is 0 Å². The number of hydrogen-bond donors (Lipinski definition) is 1. The van der Waals surface area contributed by atoms with Crippen molar-refractivity contribution in [1.29, 1.82) is 0 Å². The van der Waals surface area contributed by atoms with E-state index in [9.17, 15) is 18.3 Å². The van der Waals surface area contributed by atoms with Gasteiger partial charge in [-0.25, -0.2) is 4.79 Å². The molecule has 0 spiro atoms. The number of rotatable bonds is 12. The Morgan fingerprint density at radius 1 is 0.966 bits per heavy atom. The number of nitrogens with zero attached hydrogens (tertiary/aromatic N) is 2. The van der Waals surface area contributed by atoms with Crippen LogP contribution in [0, 0.1) is 0 Å². The lowest BCUT2D eigenvalue weighted by molar-refractivity contribution is 0.205. The zero-order chi connectivity index (χ0) is 22.2. The summed E-state index contributed by atoms with van der Waals surface area (Å²) in [6.07, 6.45) is 4.74. The quantitative estimate of drug-likeness (QED) is 0.419. The first-order valence-electron chi connectivity index (χ1n) is 10.7. The molecule has 0 fully saturated rings. The second-order valence-corrected chi connectivity index (χ2v) is 10.1. The van der Waals surface area contributed by atoms with Gasteiger partial charge in [0.15, 0.2) is 0 Å². The lowest BCUT2D eigenvalue weighted by atomic mass is 9.93. The smallest absolute Gasteiger partial charge is 0.426 e. The lowest BCUT2D eigenvalue weighted by Gasteiger charge is -2.30. The Morgan fingerprint density at radius 2 is 1.45 bits per heavy atom. The van der Waals surface area contributed by atoms with Crippen molar-refractivity contribution >= 4 is 22.0 Å². The first kappa shape index (κ1) is 25.4. The van der Waals surface area contributed by atoms with Crippen LogP contribution in [0.3, 0.4) is 0 Å². The summed E-state index contributed by atoms with van der Waals surface area (Å²) >= 11 is 0.